The van der Waals surface area contributed by atoms with Crippen molar-refractivity contribution in [1.29, 1.82) is 0 Å². The highest BCUT2D eigenvalue weighted by molar-refractivity contribution is 6.01. The number of benzene rings is 2. The van der Waals surface area contributed by atoms with Gasteiger partial charge in [0.2, 0.25) is 5.43 Å². The molecular weight excluding hydrogens is 413 g/mol. The number of hydrogen-bond acceptors (Lipinski definition) is 4. The Bertz CT molecular complexity index is 1390. The average molecular weight is 428 g/mol. The van der Waals surface area contributed by atoms with Crippen molar-refractivity contribution in [3.63, 3.8) is 0 Å². The van der Waals surface area contributed by atoms with Crippen LogP contribution in [-0.4, -0.2) is 29.2 Å². The molecule has 0 aliphatic rings. The Labute approximate surface area is 172 Å². The van der Waals surface area contributed by atoms with Gasteiger partial charge in [-0.2, -0.15) is 18.3 Å². The second-order valence-corrected chi connectivity index (χ2v) is 6.61. The van der Waals surface area contributed by atoms with Crippen molar-refractivity contribution in [1.82, 2.24) is 15.4 Å². The number of nitrogens with zero attached hydrogens (tertiary/aromatic N) is 1. The summed E-state index contributed by atoms with van der Waals surface area (Å²) in [5, 5.41) is 4.42. The summed E-state index contributed by atoms with van der Waals surface area (Å²) in [4.78, 5) is 30.4. The van der Waals surface area contributed by atoms with Crippen LogP contribution in [0.15, 0.2) is 58.7 Å². The van der Waals surface area contributed by atoms with Gasteiger partial charge < -0.3 is 14.7 Å². The molecular formula is C21H15F3N4O3. The van der Waals surface area contributed by atoms with E-state index in [1.807, 2.05) is 6.07 Å². The Kier molecular flexibility index (Phi) is 4.97. The number of aromatic nitrogens is 2. The van der Waals surface area contributed by atoms with Crippen molar-refractivity contribution in [2.75, 3.05) is 7.11 Å². The molecule has 2 aromatic carbocycles. The number of hydrazone groups is 1. The molecule has 0 radical (unpaired) electrons. The summed E-state index contributed by atoms with van der Waals surface area (Å²) in [6.45, 7) is 0. The summed E-state index contributed by atoms with van der Waals surface area (Å²) in [5.41, 5.74) is 1.17. The highest BCUT2D eigenvalue weighted by atomic mass is 19.4. The molecule has 4 rings (SSSR count). The molecule has 0 fully saturated rings. The molecule has 4 aromatic rings. The van der Waals surface area contributed by atoms with Gasteiger partial charge in [0.1, 0.15) is 11.3 Å². The standard InChI is InChI=1S/C21H15F3N4O3/c1-31-12-5-6-17-14(7-12)11(8-25-17)9-27-28-20(30)15-10-26-18-13(19(15)29)3-2-4-16(18)21(22,23)24/h2-10,25H,1H3,(H,26,29)(H,28,30)/b27-9-. The van der Waals surface area contributed by atoms with Gasteiger partial charge in [0.25, 0.3) is 5.91 Å². The molecule has 0 bridgehead atoms. The Morgan fingerprint density at radius 2 is 1.94 bits per heavy atom. The third-order valence-electron chi connectivity index (χ3n) is 4.76. The van der Waals surface area contributed by atoms with Crippen molar-refractivity contribution < 1.29 is 22.7 Å². The molecule has 0 aliphatic carbocycles. The molecule has 2 aromatic heterocycles. The monoisotopic (exact) mass is 428 g/mol. The van der Waals surface area contributed by atoms with Crippen LogP contribution in [0, 0.1) is 0 Å². The number of alkyl halides is 3. The lowest BCUT2D eigenvalue weighted by Gasteiger charge is -2.10. The number of para-hydroxylation sites is 1. The van der Waals surface area contributed by atoms with Gasteiger partial charge in [-0.25, -0.2) is 5.43 Å². The number of rotatable bonds is 4. The van der Waals surface area contributed by atoms with Crippen molar-refractivity contribution in [3.8, 4) is 5.75 Å². The fourth-order valence-corrected chi connectivity index (χ4v) is 3.23. The molecule has 0 saturated carbocycles. The Hall–Kier alpha value is -4.08. The number of aromatic amines is 2. The average Bonchev–Trinajstić information content (AvgIpc) is 3.15. The normalized spacial score (nSPS) is 12.0. The predicted molar refractivity (Wildman–Crippen MR) is 109 cm³/mol. The number of methoxy groups -OCH3 is 1. The van der Waals surface area contributed by atoms with E-state index >= 15 is 0 Å². The minimum Gasteiger partial charge on any atom is -0.497 e. The summed E-state index contributed by atoms with van der Waals surface area (Å²) in [7, 11) is 1.54. The van der Waals surface area contributed by atoms with Gasteiger partial charge in [0, 0.05) is 34.2 Å². The zero-order valence-electron chi connectivity index (χ0n) is 16.0. The van der Waals surface area contributed by atoms with E-state index in [0.29, 0.717) is 11.3 Å². The molecule has 0 atom stereocenters. The molecule has 0 unspecified atom stereocenters. The number of fused-ring (bicyclic) bond motifs is 2. The van der Waals surface area contributed by atoms with Crippen LogP contribution in [0.3, 0.4) is 0 Å². The van der Waals surface area contributed by atoms with E-state index in [1.54, 1.807) is 25.4 Å². The van der Waals surface area contributed by atoms with Gasteiger partial charge in [-0.1, -0.05) is 6.07 Å². The van der Waals surface area contributed by atoms with Crippen molar-refractivity contribution in [2.24, 2.45) is 5.10 Å². The zero-order chi connectivity index (χ0) is 22.2. The maximum absolute atomic E-state index is 13.1. The maximum Gasteiger partial charge on any atom is 0.418 e. The van der Waals surface area contributed by atoms with Gasteiger partial charge >= 0.3 is 6.18 Å². The van der Waals surface area contributed by atoms with Gasteiger partial charge in [-0.15, -0.1) is 0 Å². The number of amides is 1. The molecule has 1 amide bonds. The van der Waals surface area contributed by atoms with E-state index in [0.717, 1.165) is 29.2 Å². The Morgan fingerprint density at radius 1 is 1.13 bits per heavy atom. The fraction of sp³-hybridized carbons (Fsp3) is 0.0952. The number of halogens is 3. The second-order valence-electron chi connectivity index (χ2n) is 6.61. The van der Waals surface area contributed by atoms with Crippen LogP contribution in [0.25, 0.3) is 21.8 Å². The first-order valence-corrected chi connectivity index (χ1v) is 8.99. The minimum absolute atomic E-state index is 0.241. The lowest BCUT2D eigenvalue weighted by atomic mass is 10.1. The number of H-pyrrole nitrogens is 2. The molecule has 0 saturated heterocycles. The Morgan fingerprint density at radius 3 is 2.68 bits per heavy atom. The van der Waals surface area contributed by atoms with Crippen LogP contribution in [0.2, 0.25) is 0 Å². The second kappa shape index (κ2) is 7.63. The van der Waals surface area contributed by atoms with E-state index in [9.17, 15) is 22.8 Å². The fourth-order valence-electron chi connectivity index (χ4n) is 3.23. The van der Waals surface area contributed by atoms with Gasteiger partial charge in [-0.3, -0.25) is 9.59 Å². The van der Waals surface area contributed by atoms with Crippen molar-refractivity contribution >= 4 is 33.9 Å². The van der Waals surface area contributed by atoms with Gasteiger partial charge in [0.15, 0.2) is 0 Å². The van der Waals surface area contributed by atoms with E-state index in [-0.39, 0.29) is 16.5 Å². The van der Waals surface area contributed by atoms with Crippen molar-refractivity contribution in [2.45, 2.75) is 6.18 Å². The van der Waals surface area contributed by atoms with E-state index in [4.69, 9.17) is 4.74 Å². The van der Waals surface area contributed by atoms with Crippen LogP contribution in [0.1, 0.15) is 21.5 Å². The minimum atomic E-state index is -4.64. The van der Waals surface area contributed by atoms with E-state index in [2.05, 4.69) is 20.5 Å². The van der Waals surface area contributed by atoms with Crippen LogP contribution in [-0.2, 0) is 6.18 Å². The molecule has 3 N–H and O–H groups in total. The van der Waals surface area contributed by atoms with Crippen LogP contribution in [0.5, 0.6) is 5.75 Å². The smallest absolute Gasteiger partial charge is 0.418 e. The summed E-state index contributed by atoms with van der Waals surface area (Å²) < 4.78 is 44.6. The topological polar surface area (TPSA) is 99.3 Å². The lowest BCUT2D eigenvalue weighted by molar-refractivity contribution is -0.136. The third kappa shape index (κ3) is 3.75. The van der Waals surface area contributed by atoms with Gasteiger partial charge in [-0.05, 0) is 30.3 Å². The third-order valence-corrected chi connectivity index (χ3v) is 4.76. The Balaban J connectivity index is 1.61. The first-order valence-electron chi connectivity index (χ1n) is 8.99. The SMILES string of the molecule is COc1ccc2[nH]cc(/C=N\NC(=O)c3c[nH]c4c(C(F)(F)F)cccc4c3=O)c2c1. The highest BCUT2D eigenvalue weighted by Gasteiger charge is 2.33. The summed E-state index contributed by atoms with van der Waals surface area (Å²) >= 11 is 0. The van der Waals surface area contributed by atoms with Gasteiger partial charge in [0.05, 0.1) is 24.4 Å². The molecule has 31 heavy (non-hydrogen) atoms. The first-order chi connectivity index (χ1) is 14.8. The predicted octanol–water partition coefficient (Wildman–Crippen LogP) is 3.80. The number of pyridine rings is 1. The zero-order valence-corrected chi connectivity index (χ0v) is 16.0. The molecule has 0 spiro atoms. The molecule has 10 heteroatoms. The number of nitrogens with one attached hydrogen (secondary N) is 3. The largest absolute Gasteiger partial charge is 0.497 e. The van der Waals surface area contributed by atoms with E-state index < -0.39 is 23.1 Å². The molecule has 0 aliphatic heterocycles. The molecule has 158 valence electrons. The van der Waals surface area contributed by atoms with E-state index in [1.165, 1.54) is 12.3 Å². The maximum atomic E-state index is 13.1. The first kappa shape index (κ1) is 20.2. The molecule has 2 heterocycles. The van der Waals surface area contributed by atoms with Crippen molar-refractivity contribution in [3.05, 3.63) is 75.7 Å². The van der Waals surface area contributed by atoms with Crippen LogP contribution >= 0.6 is 0 Å². The highest BCUT2D eigenvalue weighted by Crippen LogP contribution is 2.33. The van der Waals surface area contributed by atoms with Crippen LogP contribution in [0.4, 0.5) is 13.2 Å². The summed E-state index contributed by atoms with van der Waals surface area (Å²) in [6.07, 6.45) is -0.631. The number of carbonyl (C=O) groups is 1. The number of carbonyl (C=O) groups excluding carboxylic acids is 1. The molecule has 7 nitrogen and oxygen atoms in total. The summed E-state index contributed by atoms with van der Waals surface area (Å²) in [5.74, 6) is -0.207. The summed E-state index contributed by atoms with van der Waals surface area (Å²) in [6, 6.07) is 8.61. The number of ether oxygens (including phenoxy) is 1. The lowest BCUT2D eigenvalue weighted by Crippen LogP contribution is -2.25. The quantitative estimate of drug-likeness (QED) is 0.341. The number of hydrogen-bond donors (Lipinski definition) is 3. The van der Waals surface area contributed by atoms with Crippen LogP contribution < -0.4 is 15.6 Å².